The molecule has 7 heteroatoms. The van der Waals surface area contributed by atoms with Crippen LogP contribution in [0.2, 0.25) is 5.02 Å². The van der Waals surface area contributed by atoms with Crippen LogP contribution in [0.15, 0.2) is 23.0 Å². The molecule has 0 saturated carbocycles. The third-order valence-electron chi connectivity index (χ3n) is 2.73. The molecule has 0 unspecified atom stereocenters. The molecule has 1 heterocycles. The average Bonchev–Trinajstić information content (AvgIpc) is 2.37. The number of carbonyl (C=O) groups is 1. The van der Waals surface area contributed by atoms with Gasteiger partial charge in [0.05, 0.1) is 18.4 Å². The Labute approximate surface area is 119 Å². The topological polar surface area (TPSA) is 92.3 Å². The summed E-state index contributed by atoms with van der Waals surface area (Å²) in [5.74, 6) is -0.653. The molecule has 0 radical (unpaired) electrons. The van der Waals surface area contributed by atoms with Gasteiger partial charge >= 0.3 is 5.97 Å². The number of rotatable bonds is 3. The molecule has 0 atom stereocenters. The van der Waals surface area contributed by atoms with E-state index in [1.54, 1.807) is 18.2 Å². The summed E-state index contributed by atoms with van der Waals surface area (Å²) >= 11 is 5.86. The van der Waals surface area contributed by atoms with Crippen molar-refractivity contribution in [2.45, 2.75) is 6.92 Å². The Balaban J connectivity index is 2.66. The predicted molar refractivity (Wildman–Crippen MR) is 73.6 cm³/mol. The van der Waals surface area contributed by atoms with Crippen molar-refractivity contribution in [3.63, 3.8) is 0 Å². The van der Waals surface area contributed by atoms with Gasteiger partial charge in [0, 0.05) is 5.02 Å². The predicted octanol–water partition coefficient (Wildman–Crippen LogP) is 2.11. The highest BCUT2D eigenvalue weighted by atomic mass is 35.5. The minimum absolute atomic E-state index is 0.133. The van der Waals surface area contributed by atoms with Gasteiger partial charge in [0.15, 0.2) is 0 Å². The van der Waals surface area contributed by atoms with E-state index >= 15 is 0 Å². The summed E-state index contributed by atoms with van der Waals surface area (Å²) in [5.41, 5.74) is -0.430. The molecule has 2 N–H and O–H groups in total. The number of benzene rings is 1. The van der Waals surface area contributed by atoms with Crippen LogP contribution in [0.4, 0.5) is 0 Å². The molecule has 0 bridgehead atoms. The number of aryl methyl sites for hydroxylation is 1. The summed E-state index contributed by atoms with van der Waals surface area (Å²) in [4.78, 5) is 29.3. The maximum atomic E-state index is 11.8. The maximum absolute atomic E-state index is 11.8. The fraction of sp³-hybridized carbons (Fsp3) is 0.154. The lowest BCUT2D eigenvalue weighted by molar-refractivity contribution is 0.0693. The molecule has 0 aliphatic heterocycles. The second-order valence-electron chi connectivity index (χ2n) is 4.02. The van der Waals surface area contributed by atoms with Gasteiger partial charge in [-0.3, -0.25) is 4.79 Å². The highest BCUT2D eigenvalue weighted by molar-refractivity contribution is 6.30. The summed E-state index contributed by atoms with van der Waals surface area (Å²) in [6.45, 7) is 1.46. The van der Waals surface area contributed by atoms with Crippen molar-refractivity contribution in [2.75, 3.05) is 7.11 Å². The van der Waals surface area contributed by atoms with E-state index in [1.165, 1.54) is 14.0 Å². The third-order valence-corrected chi connectivity index (χ3v) is 2.97. The van der Waals surface area contributed by atoms with Crippen LogP contribution < -0.4 is 10.3 Å². The van der Waals surface area contributed by atoms with Crippen LogP contribution in [-0.4, -0.2) is 28.2 Å². The quantitative estimate of drug-likeness (QED) is 0.904. The number of aromatic carboxylic acids is 1. The smallest absolute Gasteiger partial charge is 0.343 e. The fourth-order valence-corrected chi connectivity index (χ4v) is 1.99. The number of hydrogen-bond acceptors (Lipinski definition) is 4. The van der Waals surface area contributed by atoms with Crippen LogP contribution in [0.3, 0.4) is 0 Å². The number of aromatic amines is 1. The number of ether oxygens (including phenoxy) is 1. The number of nitrogens with one attached hydrogen (secondary N) is 1. The van der Waals surface area contributed by atoms with Gasteiger partial charge in [0.1, 0.15) is 17.1 Å². The van der Waals surface area contributed by atoms with E-state index < -0.39 is 11.5 Å². The zero-order valence-electron chi connectivity index (χ0n) is 10.7. The molecular formula is C13H11ClN2O4. The molecule has 2 aromatic rings. The number of hydrogen-bond donors (Lipinski definition) is 2. The van der Waals surface area contributed by atoms with Crippen LogP contribution >= 0.6 is 11.6 Å². The molecule has 1 aromatic heterocycles. The lowest BCUT2D eigenvalue weighted by atomic mass is 10.1. The monoisotopic (exact) mass is 294 g/mol. The highest BCUT2D eigenvalue weighted by Crippen LogP contribution is 2.29. The van der Waals surface area contributed by atoms with Crippen molar-refractivity contribution in [3.8, 4) is 17.1 Å². The summed E-state index contributed by atoms with van der Waals surface area (Å²) in [6.07, 6.45) is 0. The van der Waals surface area contributed by atoms with Crippen LogP contribution in [0.5, 0.6) is 5.75 Å². The molecule has 0 spiro atoms. The van der Waals surface area contributed by atoms with E-state index in [2.05, 4.69) is 9.97 Å². The van der Waals surface area contributed by atoms with E-state index in [1.807, 2.05) is 0 Å². The Kier molecular flexibility index (Phi) is 3.76. The van der Waals surface area contributed by atoms with Crippen LogP contribution in [-0.2, 0) is 0 Å². The van der Waals surface area contributed by atoms with E-state index in [0.29, 0.717) is 16.3 Å². The first-order chi connectivity index (χ1) is 9.43. The first-order valence-electron chi connectivity index (χ1n) is 5.62. The van der Waals surface area contributed by atoms with Gasteiger partial charge in [0.2, 0.25) is 0 Å². The molecule has 1 aromatic carbocycles. The summed E-state index contributed by atoms with van der Waals surface area (Å²) in [7, 11) is 1.46. The van der Waals surface area contributed by atoms with E-state index in [9.17, 15) is 9.59 Å². The van der Waals surface area contributed by atoms with Crippen LogP contribution in [0.25, 0.3) is 11.4 Å². The largest absolute Gasteiger partial charge is 0.496 e. The molecule has 20 heavy (non-hydrogen) atoms. The van der Waals surface area contributed by atoms with Crippen molar-refractivity contribution in [1.82, 2.24) is 9.97 Å². The minimum atomic E-state index is -1.31. The fourth-order valence-electron chi connectivity index (χ4n) is 1.83. The molecule has 0 amide bonds. The Morgan fingerprint density at radius 3 is 2.70 bits per heavy atom. The van der Waals surface area contributed by atoms with E-state index in [-0.39, 0.29) is 17.1 Å². The molecule has 0 saturated heterocycles. The Morgan fingerprint density at radius 2 is 2.15 bits per heavy atom. The van der Waals surface area contributed by atoms with E-state index in [4.69, 9.17) is 21.4 Å². The number of halogens is 1. The molecule has 0 aliphatic carbocycles. The molecular weight excluding hydrogens is 284 g/mol. The van der Waals surface area contributed by atoms with Crippen molar-refractivity contribution >= 4 is 17.6 Å². The number of carboxylic acids is 1. The lowest BCUT2D eigenvalue weighted by Gasteiger charge is -2.09. The summed E-state index contributed by atoms with van der Waals surface area (Å²) < 4.78 is 5.18. The SMILES string of the molecule is COc1cc(Cl)ccc1-c1nc(C)c(C(=O)O)c(=O)[nH]1. The minimum Gasteiger partial charge on any atom is -0.496 e. The van der Waals surface area contributed by atoms with E-state index in [0.717, 1.165) is 0 Å². The third kappa shape index (κ3) is 2.50. The maximum Gasteiger partial charge on any atom is 0.343 e. The zero-order valence-corrected chi connectivity index (χ0v) is 11.5. The first kappa shape index (κ1) is 14.1. The second-order valence-corrected chi connectivity index (χ2v) is 4.46. The number of aromatic nitrogens is 2. The number of methoxy groups -OCH3 is 1. The standard InChI is InChI=1S/C13H11ClN2O4/c1-6-10(13(18)19)12(17)16-11(15-6)8-4-3-7(14)5-9(8)20-2/h3-5H,1-2H3,(H,18,19)(H,15,16,17). The average molecular weight is 295 g/mol. The number of carboxylic acid groups (broad SMARTS) is 1. The summed E-state index contributed by atoms with van der Waals surface area (Å²) in [6, 6.07) is 4.84. The summed E-state index contributed by atoms with van der Waals surface area (Å²) in [5, 5.41) is 9.42. The van der Waals surface area contributed by atoms with Gasteiger partial charge in [0.25, 0.3) is 5.56 Å². The lowest BCUT2D eigenvalue weighted by Crippen LogP contribution is -2.21. The number of nitrogens with zero attached hydrogens (tertiary/aromatic N) is 1. The van der Waals surface area contributed by atoms with Gasteiger partial charge in [-0.05, 0) is 25.1 Å². The van der Waals surface area contributed by atoms with Crippen molar-refractivity contribution in [3.05, 3.63) is 44.8 Å². The van der Waals surface area contributed by atoms with Gasteiger partial charge in [-0.25, -0.2) is 9.78 Å². The number of H-pyrrole nitrogens is 1. The Morgan fingerprint density at radius 1 is 1.45 bits per heavy atom. The molecule has 6 nitrogen and oxygen atoms in total. The van der Waals surface area contributed by atoms with Gasteiger partial charge in [-0.15, -0.1) is 0 Å². The van der Waals surface area contributed by atoms with Gasteiger partial charge < -0.3 is 14.8 Å². The van der Waals surface area contributed by atoms with Crippen LogP contribution in [0.1, 0.15) is 16.1 Å². The highest BCUT2D eigenvalue weighted by Gasteiger charge is 2.17. The van der Waals surface area contributed by atoms with Crippen LogP contribution in [0, 0.1) is 6.92 Å². The zero-order chi connectivity index (χ0) is 14.9. The van der Waals surface area contributed by atoms with Gasteiger partial charge in [-0.1, -0.05) is 11.6 Å². The van der Waals surface area contributed by atoms with Gasteiger partial charge in [-0.2, -0.15) is 0 Å². The molecule has 104 valence electrons. The second kappa shape index (κ2) is 5.34. The molecule has 0 aliphatic rings. The van der Waals surface area contributed by atoms with Crippen molar-refractivity contribution < 1.29 is 14.6 Å². The Bertz CT molecular complexity index is 740. The van der Waals surface area contributed by atoms with Crippen molar-refractivity contribution in [2.24, 2.45) is 0 Å². The van der Waals surface area contributed by atoms with Crippen molar-refractivity contribution in [1.29, 1.82) is 0 Å². The molecule has 2 rings (SSSR count). The first-order valence-corrected chi connectivity index (χ1v) is 6.00. The Hall–Kier alpha value is -2.34. The molecule has 0 fully saturated rings. The normalized spacial score (nSPS) is 10.3.